The number of hydrogen-bond acceptors (Lipinski definition) is 12. The summed E-state index contributed by atoms with van der Waals surface area (Å²) in [6.45, 7) is 10.9. The maximum atomic E-state index is 13.9. The average molecular weight is 684 g/mol. The third-order valence-electron chi connectivity index (χ3n) is 9.89. The largest absolute Gasteiger partial charge is 0.507 e. The summed E-state index contributed by atoms with van der Waals surface area (Å²) in [7, 11) is 1.41. The van der Waals surface area contributed by atoms with Crippen LogP contribution in [0.1, 0.15) is 67.8 Å². The molecule has 2 aromatic carbocycles. The molecule has 0 aromatic heterocycles. The number of amides is 1. The van der Waals surface area contributed by atoms with Gasteiger partial charge in [-0.3, -0.25) is 14.4 Å². The van der Waals surface area contributed by atoms with Crippen molar-refractivity contribution >= 4 is 34.4 Å². The molecule has 3 aliphatic rings. The fourth-order valence-electron chi connectivity index (χ4n) is 6.47. The van der Waals surface area contributed by atoms with E-state index in [0.29, 0.717) is 0 Å². The van der Waals surface area contributed by atoms with Gasteiger partial charge in [-0.05, 0) is 19.9 Å². The molecule has 0 radical (unpaired) electrons. The number of aliphatic hydroxyl groups is 3. The molecule has 5 rings (SSSR count). The molecule has 9 atom stereocenters. The number of aromatic hydroxyl groups is 3. The maximum absolute atomic E-state index is 13.9. The fraction of sp³-hybridized carbons (Fsp3) is 0.472. The number of phenolic OH excluding ortho intramolecular Hbond substituents is 3. The second-order valence-corrected chi connectivity index (χ2v) is 13.2. The third-order valence-corrected chi connectivity index (χ3v) is 9.89. The first-order valence-electron chi connectivity index (χ1n) is 16.0. The number of carbonyl (C=O) groups excluding carboxylic acids is 3. The van der Waals surface area contributed by atoms with Gasteiger partial charge < -0.3 is 50.2 Å². The molecule has 0 saturated carbocycles. The minimum absolute atomic E-state index is 0.00862. The number of aldehydes is 1. The van der Waals surface area contributed by atoms with Gasteiger partial charge in [0.05, 0.1) is 52.9 Å². The van der Waals surface area contributed by atoms with Crippen LogP contribution >= 0.6 is 0 Å². The van der Waals surface area contributed by atoms with Crippen molar-refractivity contribution in [1.29, 1.82) is 0 Å². The molecular weight excluding hydrogens is 638 g/mol. The molecule has 5 bridgehead atoms. The second-order valence-electron chi connectivity index (χ2n) is 13.2. The van der Waals surface area contributed by atoms with Gasteiger partial charge in [0.1, 0.15) is 17.2 Å². The number of phenols is 3. The Hall–Kier alpha value is -4.43. The van der Waals surface area contributed by atoms with Crippen LogP contribution in [0, 0.1) is 30.6 Å². The number of benzene rings is 2. The first kappa shape index (κ1) is 37.4. The number of methoxy groups -OCH3 is 1. The van der Waals surface area contributed by atoms with Gasteiger partial charge >= 0.3 is 5.79 Å². The number of nitrogens with one attached hydrogen (secondary N) is 1. The molecule has 2 aromatic rings. The molecular formula is C36H45NO12. The van der Waals surface area contributed by atoms with Crippen LogP contribution in [-0.4, -0.2) is 85.9 Å². The molecule has 7 N–H and O–H groups in total. The topological polar surface area (TPSA) is 212 Å². The van der Waals surface area contributed by atoms with Gasteiger partial charge in [-0.25, -0.2) is 0 Å². The lowest BCUT2D eigenvalue weighted by Gasteiger charge is -2.36. The van der Waals surface area contributed by atoms with Gasteiger partial charge in [0.15, 0.2) is 12.0 Å². The Morgan fingerprint density at radius 3 is 2.10 bits per heavy atom. The molecule has 3 heterocycles. The number of ketones is 1. The first-order valence-corrected chi connectivity index (χ1v) is 16.0. The molecule has 1 amide bonds. The lowest BCUT2D eigenvalue weighted by Crippen LogP contribution is -2.44. The summed E-state index contributed by atoms with van der Waals surface area (Å²) in [5.74, 6) is -8.42. The van der Waals surface area contributed by atoms with E-state index in [1.165, 1.54) is 46.1 Å². The summed E-state index contributed by atoms with van der Waals surface area (Å²) >= 11 is 0. The Morgan fingerprint density at radius 1 is 0.878 bits per heavy atom. The Labute approximate surface area is 284 Å². The summed E-state index contributed by atoms with van der Waals surface area (Å²) < 4.78 is 17.3. The van der Waals surface area contributed by atoms with Gasteiger partial charge in [-0.2, -0.15) is 0 Å². The van der Waals surface area contributed by atoms with Crippen molar-refractivity contribution < 1.29 is 59.2 Å². The smallest absolute Gasteiger partial charge is 0.312 e. The summed E-state index contributed by atoms with van der Waals surface area (Å²) in [5.41, 5.74) is -1.21. The second kappa shape index (κ2) is 14.2. The molecule has 3 aliphatic heterocycles. The van der Waals surface area contributed by atoms with Crippen molar-refractivity contribution in [3.8, 4) is 23.0 Å². The maximum Gasteiger partial charge on any atom is 0.312 e. The van der Waals surface area contributed by atoms with Crippen LogP contribution in [0.15, 0.2) is 36.1 Å². The van der Waals surface area contributed by atoms with Crippen LogP contribution in [0.4, 0.5) is 5.69 Å². The Bertz CT molecular complexity index is 1750. The van der Waals surface area contributed by atoms with Gasteiger partial charge in [0, 0.05) is 54.2 Å². The summed E-state index contributed by atoms with van der Waals surface area (Å²) in [4.78, 5) is 39.4. The number of Topliss-reactive ketones (excluding diaryl/α,β-unsaturated/α-hetero) is 1. The van der Waals surface area contributed by atoms with Crippen LogP contribution in [0.2, 0.25) is 0 Å². The standard InChI is InChI=1S/C36H45NO12/c1-15-10-9-11-16(2)35(46)37-26-21(14-38)31(43)23-24(32(26)44)30(42)20(6)33-25(23)34(45)36(7,49-33)48-13-12-22(47-8)17(3)28(40)19(5)29(41)18(4)27(15)39/h9-15,17-19,22,27-29,39-44H,1-8H3,(H,37,46)/b10-9-,13-12-,16-11-/t15-,17+,18+,19-,22-,27-,28+,29+,36-/m0/s1. The van der Waals surface area contributed by atoms with E-state index in [1.54, 1.807) is 33.8 Å². The molecule has 13 heteroatoms. The minimum Gasteiger partial charge on any atom is -0.507 e. The van der Waals surface area contributed by atoms with Gasteiger partial charge in [0.25, 0.3) is 11.7 Å². The van der Waals surface area contributed by atoms with E-state index in [4.69, 9.17) is 14.2 Å². The first-order chi connectivity index (χ1) is 22.9. The van der Waals surface area contributed by atoms with Crippen LogP contribution in [0.25, 0.3) is 10.8 Å². The zero-order chi connectivity index (χ0) is 36.7. The minimum atomic E-state index is -2.05. The Kier molecular flexibility index (Phi) is 10.8. The van der Waals surface area contributed by atoms with E-state index < -0.39 is 99.5 Å². The summed E-state index contributed by atoms with van der Waals surface area (Å²) in [6, 6.07) is 0. The van der Waals surface area contributed by atoms with Crippen LogP contribution < -0.4 is 10.1 Å². The number of rotatable bonds is 2. The van der Waals surface area contributed by atoms with Crippen LogP contribution in [0.3, 0.4) is 0 Å². The summed E-state index contributed by atoms with van der Waals surface area (Å²) in [6.07, 6.45) is 3.34. The zero-order valence-corrected chi connectivity index (χ0v) is 28.7. The number of fused-ring (bicyclic) bond motifs is 14. The molecule has 49 heavy (non-hydrogen) atoms. The molecule has 0 saturated heterocycles. The van der Waals surface area contributed by atoms with E-state index in [0.717, 1.165) is 6.26 Å². The number of allylic oxidation sites excluding steroid dienone is 2. The van der Waals surface area contributed by atoms with E-state index in [2.05, 4.69) is 5.32 Å². The summed E-state index contributed by atoms with van der Waals surface area (Å²) in [5, 5.41) is 68.9. The number of ether oxygens (including phenoxy) is 3. The highest BCUT2D eigenvalue weighted by Crippen LogP contribution is 2.55. The van der Waals surface area contributed by atoms with Crippen molar-refractivity contribution in [1.82, 2.24) is 0 Å². The normalized spacial score (nSPS) is 33.7. The fourth-order valence-corrected chi connectivity index (χ4v) is 6.47. The third kappa shape index (κ3) is 6.51. The lowest BCUT2D eigenvalue weighted by molar-refractivity contribution is -0.112. The van der Waals surface area contributed by atoms with E-state index in [1.807, 2.05) is 0 Å². The molecule has 13 nitrogen and oxygen atoms in total. The molecule has 0 spiro atoms. The quantitative estimate of drug-likeness (QED) is 0.136. The molecule has 0 fully saturated rings. The van der Waals surface area contributed by atoms with E-state index in [9.17, 15) is 45.0 Å². The monoisotopic (exact) mass is 683 g/mol. The molecule has 266 valence electrons. The predicted octanol–water partition coefficient (Wildman–Crippen LogP) is 4.00. The highest BCUT2D eigenvalue weighted by molar-refractivity contribution is 6.23. The van der Waals surface area contributed by atoms with E-state index in [-0.39, 0.29) is 34.1 Å². The lowest BCUT2D eigenvalue weighted by atomic mass is 9.78. The number of carbonyl (C=O) groups is 3. The van der Waals surface area contributed by atoms with Crippen molar-refractivity contribution in [2.24, 2.45) is 23.7 Å². The number of hydrogen-bond donors (Lipinski definition) is 7. The van der Waals surface area contributed by atoms with Gasteiger partial charge in [-0.15, -0.1) is 0 Å². The zero-order valence-electron chi connectivity index (χ0n) is 28.7. The Balaban J connectivity index is 1.91. The van der Waals surface area contributed by atoms with Crippen molar-refractivity contribution in [3.63, 3.8) is 0 Å². The van der Waals surface area contributed by atoms with Crippen LogP contribution in [-0.2, 0) is 14.3 Å². The van der Waals surface area contributed by atoms with Crippen LogP contribution in [0.5, 0.6) is 23.0 Å². The molecule has 0 unspecified atom stereocenters. The van der Waals surface area contributed by atoms with Crippen molar-refractivity contribution in [2.45, 2.75) is 78.7 Å². The average Bonchev–Trinajstić information content (AvgIpc) is 3.34. The number of anilines is 1. The van der Waals surface area contributed by atoms with Gasteiger partial charge in [0.2, 0.25) is 0 Å². The predicted molar refractivity (Wildman–Crippen MR) is 180 cm³/mol. The highest BCUT2D eigenvalue weighted by atomic mass is 16.7. The highest BCUT2D eigenvalue weighted by Gasteiger charge is 2.49. The van der Waals surface area contributed by atoms with Gasteiger partial charge in [-0.1, -0.05) is 45.9 Å². The van der Waals surface area contributed by atoms with Crippen molar-refractivity contribution in [2.75, 3.05) is 12.4 Å². The van der Waals surface area contributed by atoms with E-state index >= 15 is 0 Å². The molecule has 0 aliphatic carbocycles. The SMILES string of the molecule is CO[C@H]1/C=C\O[C@@]2(C)Oc3c(C)c(O)c4c(O)c(c(C=O)c(O)c4c3C2=O)NC(=O)/C(C)=C\C=C/[C@H](C)[C@H](O)[C@@H](C)[C@@H](O)[C@@H](C)[C@H](O)[C@@H]1C. The number of aliphatic hydroxyl groups excluding tert-OH is 3. The van der Waals surface area contributed by atoms with Crippen molar-refractivity contribution in [3.05, 3.63) is 52.8 Å². The Morgan fingerprint density at radius 2 is 1.49 bits per heavy atom.